The fourth-order valence-corrected chi connectivity index (χ4v) is 3.26. The van der Waals surface area contributed by atoms with Gasteiger partial charge in [-0.15, -0.1) is 0 Å². The van der Waals surface area contributed by atoms with Crippen LogP contribution < -0.4 is 5.43 Å². The molecule has 0 fully saturated rings. The molecule has 0 bridgehead atoms. The van der Waals surface area contributed by atoms with E-state index in [1.165, 1.54) is 0 Å². The third-order valence-electron chi connectivity index (χ3n) is 4.65. The first kappa shape index (κ1) is 16.8. The molecule has 4 aromatic rings. The maximum Gasteiger partial charge on any atom is 0.271 e. The van der Waals surface area contributed by atoms with Gasteiger partial charge in [-0.3, -0.25) is 4.79 Å². The fraction of sp³-hybridized carbons (Fsp3) is 0.0909. The van der Waals surface area contributed by atoms with Crippen LogP contribution in [0.25, 0.3) is 16.6 Å². The molecule has 2 aromatic heterocycles. The van der Waals surface area contributed by atoms with Crippen LogP contribution in [0, 0.1) is 13.8 Å². The van der Waals surface area contributed by atoms with Crippen LogP contribution >= 0.6 is 0 Å². The molecule has 0 unspecified atom stereocenters. The Balaban J connectivity index is 1.47. The molecule has 134 valence electrons. The Morgan fingerprint density at radius 3 is 2.44 bits per heavy atom. The molecule has 2 N–H and O–H groups in total. The molecule has 0 radical (unpaired) electrons. The van der Waals surface area contributed by atoms with E-state index in [9.17, 15) is 4.79 Å². The van der Waals surface area contributed by atoms with Gasteiger partial charge in [0.2, 0.25) is 0 Å². The summed E-state index contributed by atoms with van der Waals surface area (Å²) in [5.41, 5.74) is 8.48. The van der Waals surface area contributed by atoms with Crippen molar-refractivity contribution in [3.8, 4) is 5.69 Å². The van der Waals surface area contributed by atoms with Gasteiger partial charge in [0.1, 0.15) is 0 Å². The molecule has 0 saturated carbocycles. The zero-order valence-electron chi connectivity index (χ0n) is 15.2. The van der Waals surface area contributed by atoms with Crippen molar-refractivity contribution in [2.24, 2.45) is 5.10 Å². The molecule has 1 amide bonds. The number of carbonyl (C=O) groups is 1. The molecule has 5 nitrogen and oxygen atoms in total. The summed E-state index contributed by atoms with van der Waals surface area (Å²) in [6.07, 6.45) is 3.52. The number of amides is 1. The van der Waals surface area contributed by atoms with Gasteiger partial charge in [0.25, 0.3) is 5.91 Å². The molecule has 27 heavy (non-hydrogen) atoms. The molecule has 2 heterocycles. The van der Waals surface area contributed by atoms with Crippen LogP contribution in [0.5, 0.6) is 0 Å². The first-order chi connectivity index (χ1) is 13.1. The minimum atomic E-state index is -0.237. The van der Waals surface area contributed by atoms with Crippen molar-refractivity contribution >= 4 is 23.0 Å². The minimum absolute atomic E-state index is 0.237. The molecule has 0 aliphatic rings. The number of aryl methyl sites for hydroxylation is 2. The van der Waals surface area contributed by atoms with Crippen molar-refractivity contribution in [2.75, 3.05) is 0 Å². The summed E-state index contributed by atoms with van der Waals surface area (Å²) in [7, 11) is 0. The van der Waals surface area contributed by atoms with Crippen LogP contribution in [0.15, 0.2) is 72.0 Å². The van der Waals surface area contributed by atoms with Gasteiger partial charge < -0.3 is 9.55 Å². The average molecular weight is 356 g/mol. The Labute approximate surface area is 157 Å². The lowest BCUT2D eigenvalue weighted by Gasteiger charge is -2.10. The Morgan fingerprint density at radius 2 is 1.70 bits per heavy atom. The highest BCUT2D eigenvalue weighted by molar-refractivity contribution is 6.00. The highest BCUT2D eigenvalue weighted by Gasteiger charge is 2.07. The van der Waals surface area contributed by atoms with Gasteiger partial charge in [-0.1, -0.05) is 18.2 Å². The quantitative estimate of drug-likeness (QED) is 0.415. The van der Waals surface area contributed by atoms with Crippen molar-refractivity contribution in [3.05, 3.63) is 89.4 Å². The smallest absolute Gasteiger partial charge is 0.271 e. The van der Waals surface area contributed by atoms with Crippen LogP contribution in [0.2, 0.25) is 0 Å². The molecule has 0 aliphatic carbocycles. The van der Waals surface area contributed by atoms with Crippen molar-refractivity contribution in [3.63, 3.8) is 0 Å². The summed E-state index contributed by atoms with van der Waals surface area (Å²) >= 11 is 0. The third-order valence-corrected chi connectivity index (χ3v) is 4.65. The van der Waals surface area contributed by atoms with Gasteiger partial charge in [0.15, 0.2) is 0 Å². The van der Waals surface area contributed by atoms with E-state index >= 15 is 0 Å². The van der Waals surface area contributed by atoms with Crippen LogP contribution in [-0.4, -0.2) is 21.7 Å². The zero-order chi connectivity index (χ0) is 18.8. The number of nitrogens with zero attached hydrogens (tertiary/aromatic N) is 2. The molecular weight excluding hydrogens is 336 g/mol. The number of aromatic amines is 1. The van der Waals surface area contributed by atoms with Crippen molar-refractivity contribution in [1.82, 2.24) is 15.0 Å². The number of hydrogen-bond acceptors (Lipinski definition) is 2. The number of fused-ring (bicyclic) bond motifs is 1. The number of para-hydroxylation sites is 1. The van der Waals surface area contributed by atoms with E-state index in [-0.39, 0.29) is 5.91 Å². The van der Waals surface area contributed by atoms with Crippen LogP contribution in [0.4, 0.5) is 0 Å². The summed E-state index contributed by atoms with van der Waals surface area (Å²) < 4.78 is 2.15. The van der Waals surface area contributed by atoms with Gasteiger partial charge in [0.05, 0.1) is 6.21 Å². The Morgan fingerprint density at radius 1 is 1.00 bits per heavy atom. The van der Waals surface area contributed by atoms with E-state index < -0.39 is 0 Å². The highest BCUT2D eigenvalue weighted by Crippen LogP contribution is 2.17. The molecular formula is C22H20N4O. The molecule has 4 rings (SSSR count). The topological polar surface area (TPSA) is 62.2 Å². The van der Waals surface area contributed by atoms with Crippen LogP contribution in [0.1, 0.15) is 27.3 Å². The average Bonchev–Trinajstić information content (AvgIpc) is 3.25. The second-order valence-corrected chi connectivity index (χ2v) is 6.49. The monoisotopic (exact) mass is 356 g/mol. The lowest BCUT2D eigenvalue weighted by Crippen LogP contribution is -2.17. The standard InChI is InChI=1S/C22H20N4O/c1-15-7-8-16(2)26(15)19-11-9-17(10-12-19)22(27)25-24-14-18-13-23-21-6-4-3-5-20(18)21/h3-14,23H,1-2H3,(H,25,27)/b24-14-. The van der Waals surface area contributed by atoms with E-state index in [1.807, 2.05) is 54.7 Å². The number of H-pyrrole nitrogens is 1. The maximum atomic E-state index is 12.3. The normalized spacial score (nSPS) is 11.3. The van der Waals surface area contributed by atoms with E-state index in [0.717, 1.165) is 33.5 Å². The predicted molar refractivity (Wildman–Crippen MR) is 109 cm³/mol. The number of hydrogen-bond donors (Lipinski definition) is 2. The van der Waals surface area contributed by atoms with E-state index in [1.54, 1.807) is 6.21 Å². The van der Waals surface area contributed by atoms with E-state index in [2.05, 4.69) is 46.1 Å². The molecule has 0 saturated heterocycles. The highest BCUT2D eigenvalue weighted by atomic mass is 16.2. The van der Waals surface area contributed by atoms with Gasteiger partial charge in [-0.05, 0) is 56.3 Å². The summed E-state index contributed by atoms with van der Waals surface area (Å²) in [5.74, 6) is -0.237. The number of carbonyl (C=O) groups excluding carboxylic acids is 1. The molecule has 0 atom stereocenters. The van der Waals surface area contributed by atoms with Gasteiger partial charge >= 0.3 is 0 Å². The van der Waals surface area contributed by atoms with Crippen molar-refractivity contribution in [2.45, 2.75) is 13.8 Å². The number of benzene rings is 2. The Bertz CT molecular complexity index is 1110. The predicted octanol–water partition coefficient (Wildman–Crippen LogP) is 4.34. The SMILES string of the molecule is Cc1ccc(C)n1-c1ccc(C(=O)N/N=C\c2c[nH]c3ccccc23)cc1. The summed E-state index contributed by atoms with van der Waals surface area (Å²) in [5, 5.41) is 5.16. The molecule has 0 aliphatic heterocycles. The fourth-order valence-electron chi connectivity index (χ4n) is 3.26. The van der Waals surface area contributed by atoms with E-state index in [4.69, 9.17) is 0 Å². The minimum Gasteiger partial charge on any atom is -0.361 e. The summed E-state index contributed by atoms with van der Waals surface area (Å²) in [6.45, 7) is 4.13. The molecule has 5 heteroatoms. The summed E-state index contributed by atoms with van der Waals surface area (Å²) in [6, 6.07) is 19.6. The Kier molecular flexibility index (Phi) is 4.34. The van der Waals surface area contributed by atoms with Gasteiger partial charge in [-0.25, -0.2) is 5.43 Å². The Hall–Kier alpha value is -3.60. The largest absolute Gasteiger partial charge is 0.361 e. The second kappa shape index (κ2) is 6.96. The number of rotatable bonds is 4. The first-order valence-corrected chi connectivity index (χ1v) is 8.78. The van der Waals surface area contributed by atoms with Crippen LogP contribution in [0.3, 0.4) is 0 Å². The second-order valence-electron chi connectivity index (χ2n) is 6.49. The lowest BCUT2D eigenvalue weighted by molar-refractivity contribution is 0.0955. The van der Waals surface area contributed by atoms with Crippen LogP contribution in [-0.2, 0) is 0 Å². The van der Waals surface area contributed by atoms with Crippen molar-refractivity contribution in [1.29, 1.82) is 0 Å². The number of hydrazone groups is 1. The van der Waals surface area contributed by atoms with Gasteiger partial charge in [-0.2, -0.15) is 5.10 Å². The molecule has 0 spiro atoms. The van der Waals surface area contributed by atoms with Crippen molar-refractivity contribution < 1.29 is 4.79 Å². The maximum absolute atomic E-state index is 12.3. The first-order valence-electron chi connectivity index (χ1n) is 8.78. The lowest BCUT2D eigenvalue weighted by atomic mass is 10.2. The third kappa shape index (κ3) is 3.27. The number of nitrogens with one attached hydrogen (secondary N) is 2. The summed E-state index contributed by atoms with van der Waals surface area (Å²) in [4.78, 5) is 15.5. The van der Waals surface area contributed by atoms with Gasteiger partial charge in [0, 0.05) is 45.3 Å². The number of aromatic nitrogens is 2. The van der Waals surface area contributed by atoms with E-state index in [0.29, 0.717) is 5.56 Å². The zero-order valence-corrected chi connectivity index (χ0v) is 15.2. The molecule has 2 aromatic carbocycles.